The molecule has 0 spiro atoms. The van der Waals surface area contributed by atoms with Crippen LogP contribution in [0.5, 0.6) is 5.75 Å². The van der Waals surface area contributed by atoms with Gasteiger partial charge in [-0.05, 0) is 56.2 Å². The van der Waals surface area contributed by atoms with Crippen LogP contribution in [0.15, 0.2) is 36.4 Å². The van der Waals surface area contributed by atoms with Crippen LogP contribution in [0.2, 0.25) is 0 Å². The third-order valence-corrected chi connectivity index (χ3v) is 8.18. The van der Waals surface area contributed by atoms with Gasteiger partial charge in [-0.1, -0.05) is 56.4 Å². The van der Waals surface area contributed by atoms with Crippen LogP contribution >= 0.6 is 0 Å². The first kappa shape index (κ1) is 27.1. The van der Waals surface area contributed by atoms with Crippen molar-refractivity contribution in [1.29, 1.82) is 5.41 Å². The third kappa shape index (κ3) is 6.96. The number of hydrazine groups is 1. The second-order valence-corrected chi connectivity index (χ2v) is 11.0. The molecule has 9 heteroatoms. The van der Waals surface area contributed by atoms with Crippen LogP contribution in [0.25, 0.3) is 11.0 Å². The molecule has 208 valence electrons. The second-order valence-electron chi connectivity index (χ2n) is 11.0. The van der Waals surface area contributed by atoms with Gasteiger partial charge in [0.2, 0.25) is 0 Å². The molecule has 1 amide bonds. The number of carbonyl (C=O) groups excluding carboxylic acids is 1. The van der Waals surface area contributed by atoms with Crippen LogP contribution in [0.3, 0.4) is 0 Å². The number of imidazole rings is 1. The molecule has 0 bridgehead atoms. The number of nitrogens with two attached hydrogens (primary N) is 1. The predicted octanol–water partition coefficient (Wildman–Crippen LogP) is 4.58. The van der Waals surface area contributed by atoms with Crippen LogP contribution in [0.4, 0.5) is 4.79 Å². The van der Waals surface area contributed by atoms with Crippen molar-refractivity contribution in [1.82, 2.24) is 25.7 Å². The van der Waals surface area contributed by atoms with Gasteiger partial charge in [0.05, 0.1) is 11.0 Å². The fourth-order valence-corrected chi connectivity index (χ4v) is 6.00. The number of aromatic amines is 1. The van der Waals surface area contributed by atoms with Gasteiger partial charge < -0.3 is 20.8 Å². The Morgan fingerprint density at radius 1 is 1.13 bits per heavy atom. The number of hydrogen-bond acceptors (Lipinski definition) is 6. The number of aryl methyl sites for hydroxylation is 3. The molecule has 9 nitrogen and oxygen atoms in total. The number of piperazine rings is 1. The fourth-order valence-electron chi connectivity index (χ4n) is 6.00. The molecule has 0 radical (unpaired) electrons. The fraction of sp³-hybridized carbons (Fsp3) is 0.500. The lowest BCUT2D eigenvalue weighted by Crippen LogP contribution is -2.58. The average molecular weight is 532 g/mol. The maximum atomic E-state index is 13.1. The van der Waals surface area contributed by atoms with Gasteiger partial charge in [-0.3, -0.25) is 10.8 Å². The number of H-pyrrole nitrogens is 1. The number of benzene rings is 2. The Bertz CT molecular complexity index is 1280. The van der Waals surface area contributed by atoms with Gasteiger partial charge in [0.1, 0.15) is 17.4 Å². The first-order valence-electron chi connectivity index (χ1n) is 14.3. The lowest BCUT2D eigenvalue weighted by atomic mass is 9.85. The summed E-state index contributed by atoms with van der Waals surface area (Å²) in [5, 5.41) is 13.2. The number of nitrogens with zero attached hydrogens (tertiary/aromatic N) is 2. The Balaban J connectivity index is 1.26. The van der Waals surface area contributed by atoms with Crippen LogP contribution in [0.1, 0.15) is 67.5 Å². The molecule has 2 aliphatic rings. The minimum Gasteiger partial charge on any atom is -0.409 e. The van der Waals surface area contributed by atoms with Crippen molar-refractivity contribution in [3.63, 3.8) is 0 Å². The van der Waals surface area contributed by atoms with E-state index in [0.29, 0.717) is 17.7 Å². The maximum Gasteiger partial charge on any atom is 0.427 e. The quantitative estimate of drug-likeness (QED) is 0.203. The van der Waals surface area contributed by atoms with Gasteiger partial charge in [0, 0.05) is 36.8 Å². The van der Waals surface area contributed by atoms with Gasteiger partial charge in [0.15, 0.2) is 0 Å². The number of amides is 1. The number of rotatable bonds is 9. The first-order valence-corrected chi connectivity index (χ1v) is 14.3. The molecule has 39 heavy (non-hydrogen) atoms. The summed E-state index contributed by atoms with van der Waals surface area (Å²) in [5.74, 6) is 2.22. The SMILES string of the molecule is Cc1nc2c(CCc3ccc(C(=N)N)cc3)c(OC(=O)NN3CCNCC3CCC3CCCCC3)ccc2[nH]1. The van der Waals surface area contributed by atoms with Crippen molar-refractivity contribution in [2.24, 2.45) is 11.7 Å². The van der Waals surface area contributed by atoms with Gasteiger partial charge in [0.25, 0.3) is 0 Å². The summed E-state index contributed by atoms with van der Waals surface area (Å²) in [6.07, 6.45) is 9.99. The molecule has 2 heterocycles. The molecule has 1 aromatic heterocycles. The monoisotopic (exact) mass is 531 g/mol. The number of carbonyl (C=O) groups is 1. The van der Waals surface area contributed by atoms with E-state index in [1.165, 1.54) is 38.5 Å². The molecule has 6 N–H and O–H groups in total. The zero-order valence-corrected chi connectivity index (χ0v) is 22.9. The highest BCUT2D eigenvalue weighted by Gasteiger charge is 2.26. The molecule has 1 saturated heterocycles. The standard InChI is InChI=1S/C30H41N7O2/c1-20-34-26-15-16-27(25(28(26)35-20)14-10-22-7-11-23(12-8-22)29(31)32)39-30(38)36-37-18-17-33-19-24(37)13-9-21-5-3-2-4-6-21/h7-8,11-12,15-16,21,24,33H,2-6,9-10,13-14,17-19H2,1H3,(H3,31,32)(H,34,35)(H,36,38). The smallest absolute Gasteiger partial charge is 0.409 e. The number of amidine groups is 1. The number of hydrogen-bond donors (Lipinski definition) is 5. The Morgan fingerprint density at radius 2 is 1.92 bits per heavy atom. The Labute approximate surface area is 230 Å². The number of ether oxygens (including phenoxy) is 1. The van der Waals surface area contributed by atoms with Gasteiger partial charge >= 0.3 is 6.09 Å². The van der Waals surface area contributed by atoms with Crippen molar-refractivity contribution < 1.29 is 9.53 Å². The normalized spacial score (nSPS) is 18.7. The van der Waals surface area contributed by atoms with Crippen LogP contribution < -0.4 is 21.2 Å². The van der Waals surface area contributed by atoms with E-state index in [0.717, 1.165) is 66.4 Å². The predicted molar refractivity (Wildman–Crippen MR) is 154 cm³/mol. The average Bonchev–Trinajstić information content (AvgIpc) is 3.33. The zero-order chi connectivity index (χ0) is 27.2. The van der Waals surface area contributed by atoms with Crippen molar-refractivity contribution in [3.8, 4) is 5.75 Å². The number of nitrogen functional groups attached to an aromatic ring is 1. The van der Waals surface area contributed by atoms with E-state index in [-0.39, 0.29) is 11.9 Å². The molecule has 1 saturated carbocycles. The molecule has 5 rings (SSSR count). The molecule has 3 aromatic rings. The van der Waals surface area contributed by atoms with E-state index in [2.05, 4.69) is 20.7 Å². The van der Waals surface area contributed by atoms with Gasteiger partial charge in [-0.25, -0.2) is 14.8 Å². The molecule has 1 atom stereocenters. The summed E-state index contributed by atoms with van der Waals surface area (Å²) >= 11 is 0. The topological polar surface area (TPSA) is 132 Å². The van der Waals surface area contributed by atoms with Gasteiger partial charge in [-0.2, -0.15) is 0 Å². The maximum absolute atomic E-state index is 13.1. The van der Waals surface area contributed by atoms with E-state index in [4.69, 9.17) is 20.9 Å². The van der Waals surface area contributed by atoms with Crippen molar-refractivity contribution in [2.45, 2.75) is 70.8 Å². The van der Waals surface area contributed by atoms with E-state index < -0.39 is 6.09 Å². The summed E-state index contributed by atoms with van der Waals surface area (Å²) in [6, 6.07) is 11.7. The first-order chi connectivity index (χ1) is 19.0. The van der Waals surface area contributed by atoms with E-state index in [1.54, 1.807) is 0 Å². The summed E-state index contributed by atoms with van der Waals surface area (Å²) < 4.78 is 5.94. The molecular formula is C30H41N7O2. The van der Waals surface area contributed by atoms with Crippen molar-refractivity contribution >= 4 is 23.0 Å². The Kier molecular flexibility index (Phi) is 8.78. The number of nitrogens with one attached hydrogen (secondary N) is 4. The second kappa shape index (κ2) is 12.6. The highest BCUT2D eigenvalue weighted by Crippen LogP contribution is 2.30. The van der Waals surface area contributed by atoms with E-state index in [1.807, 2.05) is 43.3 Å². The molecule has 2 aromatic carbocycles. The minimum absolute atomic E-state index is 0.0562. The van der Waals surface area contributed by atoms with Crippen LogP contribution in [-0.2, 0) is 12.8 Å². The summed E-state index contributed by atoms with van der Waals surface area (Å²) in [4.78, 5) is 21.1. The zero-order valence-electron chi connectivity index (χ0n) is 22.9. The lowest BCUT2D eigenvalue weighted by molar-refractivity contribution is 0.0816. The lowest BCUT2D eigenvalue weighted by Gasteiger charge is -2.36. The van der Waals surface area contributed by atoms with Gasteiger partial charge in [-0.15, -0.1) is 0 Å². The summed E-state index contributed by atoms with van der Waals surface area (Å²) in [6.45, 7) is 4.39. The Hall–Kier alpha value is -3.43. The number of aromatic nitrogens is 2. The summed E-state index contributed by atoms with van der Waals surface area (Å²) in [7, 11) is 0. The number of fused-ring (bicyclic) bond motifs is 1. The van der Waals surface area contributed by atoms with Crippen LogP contribution in [-0.4, -0.2) is 52.6 Å². The van der Waals surface area contributed by atoms with Crippen molar-refractivity contribution in [3.05, 3.63) is 58.9 Å². The minimum atomic E-state index is -0.460. The molecule has 1 aliphatic heterocycles. The Morgan fingerprint density at radius 3 is 2.69 bits per heavy atom. The molecular weight excluding hydrogens is 490 g/mol. The van der Waals surface area contributed by atoms with Crippen LogP contribution in [0, 0.1) is 18.3 Å². The highest BCUT2D eigenvalue weighted by atomic mass is 16.6. The molecule has 1 unspecified atom stereocenters. The summed E-state index contributed by atoms with van der Waals surface area (Å²) in [5.41, 5.74) is 13.1. The highest BCUT2D eigenvalue weighted by molar-refractivity contribution is 5.94. The molecule has 1 aliphatic carbocycles. The van der Waals surface area contributed by atoms with Crippen molar-refractivity contribution in [2.75, 3.05) is 19.6 Å². The molecule has 2 fully saturated rings. The van der Waals surface area contributed by atoms with E-state index in [9.17, 15) is 4.79 Å². The third-order valence-electron chi connectivity index (χ3n) is 8.18. The largest absolute Gasteiger partial charge is 0.427 e. The van der Waals surface area contributed by atoms with E-state index >= 15 is 0 Å².